The Morgan fingerprint density at radius 1 is 1.21 bits per heavy atom. The molecule has 2 aromatic heterocycles. The molecule has 1 unspecified atom stereocenters. The van der Waals surface area contributed by atoms with E-state index in [2.05, 4.69) is 49.1 Å². The molecule has 0 saturated carbocycles. The van der Waals surface area contributed by atoms with Crippen LogP contribution in [0, 0.1) is 19.8 Å². The van der Waals surface area contributed by atoms with Crippen LogP contribution in [0.2, 0.25) is 0 Å². The van der Waals surface area contributed by atoms with Crippen LogP contribution in [-0.2, 0) is 17.8 Å². The minimum absolute atomic E-state index is 0.00172. The Bertz CT molecular complexity index is 1210. The first-order chi connectivity index (χ1) is 18.1. The fraction of sp³-hybridized carbons (Fsp3) is 0.536. The molecule has 0 spiro atoms. The molecule has 0 fully saturated rings. The van der Waals surface area contributed by atoms with E-state index in [0.717, 1.165) is 41.2 Å². The number of rotatable bonds is 14. The normalized spacial score (nSPS) is 12.4. The van der Waals surface area contributed by atoms with Crippen molar-refractivity contribution in [2.75, 3.05) is 32.8 Å². The number of aliphatic hydroxyl groups is 2. The van der Waals surface area contributed by atoms with E-state index in [1.807, 2.05) is 26.0 Å². The summed E-state index contributed by atoms with van der Waals surface area (Å²) < 4.78 is 11.6. The van der Waals surface area contributed by atoms with Crippen LogP contribution in [0.15, 0.2) is 22.7 Å². The van der Waals surface area contributed by atoms with Crippen LogP contribution in [0.4, 0.5) is 0 Å². The van der Waals surface area contributed by atoms with Gasteiger partial charge in [-0.25, -0.2) is 0 Å². The highest BCUT2D eigenvalue weighted by molar-refractivity contribution is 7.15. The van der Waals surface area contributed by atoms with Crippen LogP contribution in [0.5, 0.6) is 5.75 Å². The second-order valence-electron chi connectivity index (χ2n) is 9.92. The van der Waals surface area contributed by atoms with Gasteiger partial charge in [-0.15, -0.1) is 11.3 Å². The Labute approximate surface area is 228 Å². The zero-order chi connectivity index (χ0) is 27.8. The molecule has 1 aromatic carbocycles. The van der Waals surface area contributed by atoms with E-state index in [0.29, 0.717) is 29.8 Å². The minimum atomic E-state index is -0.900. The molecule has 208 valence electrons. The third-order valence-corrected chi connectivity index (χ3v) is 7.39. The number of aliphatic hydroxyl groups excluding tert-OH is 2. The number of hydrogen-bond donors (Lipinski definition) is 3. The number of amides is 1. The third kappa shape index (κ3) is 7.86. The van der Waals surface area contributed by atoms with Crippen molar-refractivity contribution < 1.29 is 24.3 Å². The van der Waals surface area contributed by atoms with Crippen LogP contribution in [0.1, 0.15) is 49.3 Å². The molecule has 0 saturated heterocycles. The van der Waals surface area contributed by atoms with Crippen molar-refractivity contribution >= 4 is 17.2 Å². The van der Waals surface area contributed by atoms with Crippen molar-refractivity contribution in [2.45, 2.75) is 60.6 Å². The Hall–Kier alpha value is -2.79. The molecule has 0 aliphatic carbocycles. The van der Waals surface area contributed by atoms with E-state index >= 15 is 0 Å². The summed E-state index contributed by atoms with van der Waals surface area (Å²) in [7, 11) is 0. The van der Waals surface area contributed by atoms with Gasteiger partial charge in [-0.1, -0.05) is 32.9 Å². The monoisotopic (exact) mass is 544 g/mol. The molecule has 9 nitrogen and oxygen atoms in total. The van der Waals surface area contributed by atoms with Crippen molar-refractivity contribution in [1.29, 1.82) is 0 Å². The number of thiophene rings is 1. The fourth-order valence-corrected chi connectivity index (χ4v) is 5.36. The van der Waals surface area contributed by atoms with Crippen molar-refractivity contribution in [3.63, 3.8) is 0 Å². The number of carbonyl (C=O) groups is 1. The summed E-state index contributed by atoms with van der Waals surface area (Å²) in [5.41, 5.74) is 3.91. The Morgan fingerprint density at radius 2 is 1.97 bits per heavy atom. The van der Waals surface area contributed by atoms with Gasteiger partial charge in [-0.05, 0) is 67.6 Å². The van der Waals surface area contributed by atoms with E-state index in [1.165, 1.54) is 10.4 Å². The smallest absolute Gasteiger partial charge is 0.268 e. The molecule has 3 aromatic rings. The molecule has 0 bridgehead atoms. The molecular formula is C28H40N4O5S. The number of carbonyl (C=O) groups excluding carboxylic acids is 1. The highest BCUT2D eigenvalue weighted by Crippen LogP contribution is 2.34. The SMILES string of the molecule is CCc1cc(-c2noc(-c3cc(C)c(CN(CC)CC(C)C)s3)n2)cc(C)c1OCC(O)CNC(=O)CO. The summed E-state index contributed by atoms with van der Waals surface area (Å²) in [6.45, 7) is 15.1. The molecule has 2 heterocycles. The Morgan fingerprint density at radius 3 is 2.63 bits per heavy atom. The van der Waals surface area contributed by atoms with Gasteiger partial charge in [-0.2, -0.15) is 4.98 Å². The van der Waals surface area contributed by atoms with Gasteiger partial charge in [-0.3, -0.25) is 9.69 Å². The summed E-state index contributed by atoms with van der Waals surface area (Å²) >= 11 is 1.70. The molecule has 0 radical (unpaired) electrons. The topological polar surface area (TPSA) is 121 Å². The lowest BCUT2D eigenvalue weighted by atomic mass is 10.0. The second kappa shape index (κ2) is 13.8. The van der Waals surface area contributed by atoms with Crippen molar-refractivity contribution in [3.8, 4) is 27.9 Å². The molecule has 0 aliphatic rings. The standard InChI is InChI=1S/C28H40N4O5S/c1-7-20-11-21(9-19(6)26(20)36-16-22(34)12-29-25(35)15-33)27-30-28(37-31-27)23-10-18(5)24(38-23)14-32(8-2)13-17(3)4/h9-11,17,22,33-34H,7-8,12-16H2,1-6H3,(H,29,35). The van der Waals surface area contributed by atoms with E-state index in [4.69, 9.17) is 19.4 Å². The lowest BCUT2D eigenvalue weighted by Crippen LogP contribution is -2.36. The summed E-state index contributed by atoms with van der Waals surface area (Å²) in [6.07, 6.45) is -0.188. The van der Waals surface area contributed by atoms with Gasteiger partial charge in [0.1, 0.15) is 25.1 Å². The number of hydrogen-bond acceptors (Lipinski definition) is 9. The molecule has 3 N–H and O–H groups in total. The maximum atomic E-state index is 11.2. The van der Waals surface area contributed by atoms with E-state index < -0.39 is 18.6 Å². The summed E-state index contributed by atoms with van der Waals surface area (Å²) in [5.74, 6) is 1.79. The van der Waals surface area contributed by atoms with Gasteiger partial charge in [0.05, 0.1) is 4.88 Å². The van der Waals surface area contributed by atoms with Crippen LogP contribution in [0.3, 0.4) is 0 Å². The number of nitrogens with one attached hydrogen (secondary N) is 1. The third-order valence-electron chi connectivity index (χ3n) is 6.18. The Kier molecular flexibility index (Phi) is 10.8. The predicted molar refractivity (Wildman–Crippen MR) is 149 cm³/mol. The summed E-state index contributed by atoms with van der Waals surface area (Å²) in [6, 6.07) is 6.04. The fourth-order valence-electron chi connectivity index (χ4n) is 4.22. The number of nitrogens with zero attached hydrogens (tertiary/aromatic N) is 3. The average Bonchev–Trinajstić information content (AvgIpc) is 3.52. The molecular weight excluding hydrogens is 504 g/mol. The van der Waals surface area contributed by atoms with Gasteiger partial charge in [0.2, 0.25) is 11.7 Å². The molecule has 38 heavy (non-hydrogen) atoms. The van der Waals surface area contributed by atoms with Crippen LogP contribution < -0.4 is 10.1 Å². The van der Waals surface area contributed by atoms with E-state index in [1.54, 1.807) is 11.3 Å². The van der Waals surface area contributed by atoms with Gasteiger partial charge in [0, 0.05) is 30.1 Å². The predicted octanol–water partition coefficient (Wildman–Crippen LogP) is 3.97. The highest BCUT2D eigenvalue weighted by atomic mass is 32.1. The average molecular weight is 545 g/mol. The highest BCUT2D eigenvalue weighted by Gasteiger charge is 2.19. The summed E-state index contributed by atoms with van der Waals surface area (Å²) in [5, 5.41) is 25.6. The lowest BCUT2D eigenvalue weighted by Gasteiger charge is -2.22. The van der Waals surface area contributed by atoms with Crippen molar-refractivity contribution in [2.24, 2.45) is 5.92 Å². The molecule has 3 rings (SSSR count). The number of aryl methyl sites for hydroxylation is 3. The molecule has 1 atom stereocenters. The number of ether oxygens (including phenoxy) is 1. The van der Waals surface area contributed by atoms with Crippen LogP contribution in [0.25, 0.3) is 22.2 Å². The van der Waals surface area contributed by atoms with Crippen molar-refractivity contribution in [1.82, 2.24) is 20.4 Å². The first kappa shape index (κ1) is 29.8. The van der Waals surface area contributed by atoms with Crippen LogP contribution >= 0.6 is 11.3 Å². The molecule has 1 amide bonds. The number of benzene rings is 1. The maximum Gasteiger partial charge on any atom is 0.268 e. The quantitative estimate of drug-likeness (QED) is 0.279. The summed E-state index contributed by atoms with van der Waals surface area (Å²) in [4.78, 5) is 20.6. The lowest BCUT2D eigenvalue weighted by molar-refractivity contribution is -0.124. The molecule has 10 heteroatoms. The maximum absolute atomic E-state index is 11.2. The van der Waals surface area contributed by atoms with Gasteiger partial charge >= 0.3 is 0 Å². The zero-order valence-corrected chi connectivity index (χ0v) is 24.0. The van der Waals surface area contributed by atoms with E-state index in [-0.39, 0.29) is 13.2 Å². The first-order valence-electron chi connectivity index (χ1n) is 13.1. The molecule has 0 aliphatic heterocycles. The first-order valence-corrected chi connectivity index (χ1v) is 13.9. The largest absolute Gasteiger partial charge is 0.490 e. The van der Waals surface area contributed by atoms with Gasteiger partial charge in [0.15, 0.2) is 0 Å². The van der Waals surface area contributed by atoms with Crippen LogP contribution in [-0.4, -0.2) is 70.1 Å². The van der Waals surface area contributed by atoms with Gasteiger partial charge < -0.3 is 24.8 Å². The van der Waals surface area contributed by atoms with E-state index in [9.17, 15) is 9.90 Å². The van der Waals surface area contributed by atoms with Crippen molar-refractivity contribution in [3.05, 3.63) is 39.8 Å². The Balaban J connectivity index is 1.74. The number of aromatic nitrogens is 2. The minimum Gasteiger partial charge on any atom is -0.490 e. The second-order valence-corrected chi connectivity index (χ2v) is 11.1. The zero-order valence-electron chi connectivity index (χ0n) is 23.2. The van der Waals surface area contributed by atoms with Gasteiger partial charge in [0.25, 0.3) is 5.89 Å².